The quantitative estimate of drug-likeness (QED) is 0.727. The van der Waals surface area contributed by atoms with Crippen LogP contribution in [0.5, 0.6) is 0 Å². The molecular weight excluding hydrogens is 308 g/mol. The molecule has 7 atom stereocenters. The van der Waals surface area contributed by atoms with E-state index in [0.29, 0.717) is 12.8 Å². The van der Waals surface area contributed by atoms with Crippen LogP contribution in [0, 0.1) is 0 Å². The highest BCUT2D eigenvalue weighted by atomic mass is 16.8. The SMILES string of the molecule is CO[C@H]1O[C@H](CO)[C@@H](O)[C@@H]2O[C@]3(OC)CCCC[C@@]3(OC)O[C@@H]12. The van der Waals surface area contributed by atoms with Gasteiger partial charge in [-0.05, 0) is 12.8 Å². The number of ether oxygens (including phenoxy) is 6. The van der Waals surface area contributed by atoms with E-state index in [9.17, 15) is 10.2 Å². The standard InChI is InChI=1S/C15H26O8/c1-18-13-12-11(10(17)9(8-16)21-13)22-14(19-2)6-4-5-7-15(14,20-3)23-12/h9-13,16-17H,4-8H2,1-3H3/t9-,10-,11+,12-,13+,14-,15-/m1/s1. The molecule has 2 N–H and O–H groups in total. The van der Waals surface area contributed by atoms with Gasteiger partial charge in [0.2, 0.25) is 11.6 Å². The summed E-state index contributed by atoms with van der Waals surface area (Å²) in [5.74, 6) is -2.18. The van der Waals surface area contributed by atoms with Gasteiger partial charge in [0.15, 0.2) is 6.29 Å². The summed E-state index contributed by atoms with van der Waals surface area (Å²) in [7, 11) is 4.59. The molecule has 3 rings (SSSR count). The van der Waals surface area contributed by atoms with E-state index < -0.39 is 42.3 Å². The smallest absolute Gasteiger partial charge is 0.223 e. The first-order valence-electron chi connectivity index (χ1n) is 7.99. The van der Waals surface area contributed by atoms with E-state index in [4.69, 9.17) is 28.4 Å². The van der Waals surface area contributed by atoms with E-state index in [-0.39, 0.29) is 6.61 Å². The van der Waals surface area contributed by atoms with Crippen LogP contribution in [-0.2, 0) is 28.4 Å². The van der Waals surface area contributed by atoms with Crippen LogP contribution in [-0.4, -0.2) is 80.4 Å². The molecule has 3 aliphatic rings. The zero-order valence-electron chi connectivity index (χ0n) is 13.8. The summed E-state index contributed by atoms with van der Waals surface area (Å²) in [4.78, 5) is 0. The molecule has 3 fully saturated rings. The Kier molecular flexibility index (Phi) is 4.97. The lowest BCUT2D eigenvalue weighted by Crippen LogP contribution is -2.75. The van der Waals surface area contributed by atoms with Crippen molar-refractivity contribution in [2.45, 2.75) is 68.0 Å². The minimum Gasteiger partial charge on any atom is -0.394 e. The maximum atomic E-state index is 10.5. The molecule has 2 aliphatic heterocycles. The first kappa shape index (κ1) is 17.5. The molecule has 0 aromatic heterocycles. The van der Waals surface area contributed by atoms with E-state index in [1.807, 2.05) is 0 Å². The van der Waals surface area contributed by atoms with Crippen molar-refractivity contribution in [2.24, 2.45) is 0 Å². The Balaban J connectivity index is 1.95. The van der Waals surface area contributed by atoms with Crippen LogP contribution in [0.25, 0.3) is 0 Å². The summed E-state index contributed by atoms with van der Waals surface area (Å²) in [5.41, 5.74) is 0. The molecule has 0 aromatic rings. The van der Waals surface area contributed by atoms with Gasteiger partial charge in [-0.25, -0.2) is 0 Å². The van der Waals surface area contributed by atoms with Crippen molar-refractivity contribution in [3.63, 3.8) is 0 Å². The molecule has 23 heavy (non-hydrogen) atoms. The molecule has 1 aliphatic carbocycles. The summed E-state index contributed by atoms with van der Waals surface area (Å²) in [5, 5.41) is 19.9. The Hall–Kier alpha value is -0.320. The highest BCUT2D eigenvalue weighted by molar-refractivity contribution is 5.03. The van der Waals surface area contributed by atoms with Crippen LogP contribution in [0.4, 0.5) is 0 Å². The molecule has 8 heteroatoms. The molecule has 2 heterocycles. The van der Waals surface area contributed by atoms with Crippen molar-refractivity contribution in [2.75, 3.05) is 27.9 Å². The van der Waals surface area contributed by atoms with Crippen molar-refractivity contribution < 1.29 is 38.6 Å². The third-order valence-electron chi connectivity index (χ3n) is 5.19. The summed E-state index contributed by atoms with van der Waals surface area (Å²) in [6.07, 6.45) is -1.04. The topological polar surface area (TPSA) is 95.8 Å². The number of aliphatic hydroxyl groups excluding tert-OH is 2. The number of aliphatic hydroxyl groups is 2. The molecule has 134 valence electrons. The Morgan fingerprint density at radius 1 is 1.00 bits per heavy atom. The lowest BCUT2D eigenvalue weighted by atomic mass is 9.84. The van der Waals surface area contributed by atoms with E-state index >= 15 is 0 Å². The normalized spacial score (nSPS) is 50.2. The fraction of sp³-hybridized carbons (Fsp3) is 1.00. The second-order valence-electron chi connectivity index (χ2n) is 6.24. The first-order chi connectivity index (χ1) is 11.1. The third-order valence-corrected chi connectivity index (χ3v) is 5.19. The van der Waals surface area contributed by atoms with Gasteiger partial charge in [-0.1, -0.05) is 0 Å². The fourth-order valence-corrected chi connectivity index (χ4v) is 3.94. The Bertz CT molecular complexity index is 420. The largest absolute Gasteiger partial charge is 0.394 e. The van der Waals surface area contributed by atoms with Gasteiger partial charge < -0.3 is 38.6 Å². The Labute approximate surface area is 135 Å². The van der Waals surface area contributed by atoms with Crippen LogP contribution in [0.3, 0.4) is 0 Å². The summed E-state index contributed by atoms with van der Waals surface area (Å²) in [6, 6.07) is 0. The molecule has 1 saturated carbocycles. The summed E-state index contributed by atoms with van der Waals surface area (Å²) < 4.78 is 34.7. The van der Waals surface area contributed by atoms with Crippen LogP contribution in [0.2, 0.25) is 0 Å². The fourth-order valence-electron chi connectivity index (χ4n) is 3.94. The van der Waals surface area contributed by atoms with Gasteiger partial charge in [-0.15, -0.1) is 0 Å². The zero-order valence-corrected chi connectivity index (χ0v) is 13.8. The van der Waals surface area contributed by atoms with E-state index in [0.717, 1.165) is 12.8 Å². The van der Waals surface area contributed by atoms with Crippen LogP contribution in [0.15, 0.2) is 0 Å². The number of fused-ring (bicyclic) bond motifs is 2. The molecule has 0 unspecified atom stereocenters. The highest BCUT2D eigenvalue weighted by Crippen LogP contribution is 2.50. The lowest BCUT2D eigenvalue weighted by Gasteiger charge is -2.59. The second kappa shape index (κ2) is 6.53. The molecular formula is C15H26O8. The van der Waals surface area contributed by atoms with Crippen LogP contribution in [0.1, 0.15) is 25.7 Å². The maximum Gasteiger partial charge on any atom is 0.223 e. The maximum absolute atomic E-state index is 10.5. The average molecular weight is 334 g/mol. The average Bonchev–Trinajstić information content (AvgIpc) is 2.60. The van der Waals surface area contributed by atoms with Gasteiger partial charge in [-0.2, -0.15) is 0 Å². The van der Waals surface area contributed by atoms with E-state index in [1.54, 1.807) is 14.2 Å². The minimum atomic E-state index is -1.10. The Morgan fingerprint density at radius 2 is 1.57 bits per heavy atom. The van der Waals surface area contributed by atoms with E-state index in [2.05, 4.69) is 0 Å². The molecule has 0 amide bonds. The lowest BCUT2D eigenvalue weighted by molar-refractivity contribution is -0.500. The van der Waals surface area contributed by atoms with Crippen LogP contribution >= 0.6 is 0 Å². The summed E-state index contributed by atoms with van der Waals surface area (Å²) >= 11 is 0. The molecule has 0 spiro atoms. The van der Waals surface area contributed by atoms with Gasteiger partial charge in [0.05, 0.1) is 6.61 Å². The molecule has 8 nitrogen and oxygen atoms in total. The van der Waals surface area contributed by atoms with Gasteiger partial charge >= 0.3 is 0 Å². The molecule has 2 saturated heterocycles. The van der Waals surface area contributed by atoms with Crippen molar-refractivity contribution in [1.82, 2.24) is 0 Å². The number of methoxy groups -OCH3 is 3. The van der Waals surface area contributed by atoms with Crippen molar-refractivity contribution in [3.05, 3.63) is 0 Å². The number of hydrogen-bond acceptors (Lipinski definition) is 8. The third kappa shape index (κ3) is 2.52. The van der Waals surface area contributed by atoms with Gasteiger partial charge in [0, 0.05) is 34.2 Å². The number of rotatable bonds is 4. The molecule has 0 aromatic carbocycles. The Morgan fingerprint density at radius 3 is 2.04 bits per heavy atom. The predicted molar refractivity (Wildman–Crippen MR) is 76.5 cm³/mol. The highest BCUT2D eigenvalue weighted by Gasteiger charge is 2.66. The van der Waals surface area contributed by atoms with E-state index in [1.165, 1.54) is 7.11 Å². The minimum absolute atomic E-state index is 0.344. The summed E-state index contributed by atoms with van der Waals surface area (Å²) in [6.45, 7) is -0.344. The number of hydrogen-bond donors (Lipinski definition) is 2. The molecule has 0 radical (unpaired) electrons. The monoisotopic (exact) mass is 334 g/mol. The van der Waals surface area contributed by atoms with Crippen molar-refractivity contribution in [1.29, 1.82) is 0 Å². The first-order valence-corrected chi connectivity index (χ1v) is 7.99. The molecule has 0 bridgehead atoms. The van der Waals surface area contributed by atoms with Gasteiger partial charge in [0.25, 0.3) is 0 Å². The van der Waals surface area contributed by atoms with Crippen molar-refractivity contribution >= 4 is 0 Å². The second-order valence-corrected chi connectivity index (χ2v) is 6.24. The van der Waals surface area contributed by atoms with Crippen LogP contribution < -0.4 is 0 Å². The van der Waals surface area contributed by atoms with Gasteiger partial charge in [-0.3, -0.25) is 0 Å². The van der Waals surface area contributed by atoms with Crippen molar-refractivity contribution in [3.8, 4) is 0 Å². The van der Waals surface area contributed by atoms with Gasteiger partial charge in [0.1, 0.15) is 24.4 Å². The predicted octanol–water partition coefficient (Wildman–Crippen LogP) is -0.246. The zero-order chi connectivity index (χ0) is 16.7.